The van der Waals surface area contributed by atoms with Crippen LogP contribution in [0.2, 0.25) is 0 Å². The number of ether oxygens (including phenoxy) is 1. The van der Waals surface area contributed by atoms with Crippen molar-refractivity contribution < 1.29 is 4.74 Å². The van der Waals surface area contributed by atoms with Crippen LogP contribution in [0.4, 0.5) is 0 Å². The van der Waals surface area contributed by atoms with E-state index in [2.05, 4.69) is 30.4 Å². The molecule has 1 unspecified atom stereocenters. The van der Waals surface area contributed by atoms with Crippen LogP contribution in [0, 0.1) is 6.92 Å². The van der Waals surface area contributed by atoms with E-state index in [9.17, 15) is 0 Å². The maximum atomic E-state index is 5.22. The Labute approximate surface area is 85.3 Å². The van der Waals surface area contributed by atoms with E-state index in [1.165, 1.54) is 16.7 Å². The number of fused-ring (bicyclic) bond motifs is 1. The Balaban J connectivity index is 2.32. The summed E-state index contributed by atoms with van der Waals surface area (Å²) in [6.07, 6.45) is 1.13. The Hall–Kier alpha value is -0.860. The zero-order valence-corrected chi connectivity index (χ0v) is 8.84. The summed E-state index contributed by atoms with van der Waals surface area (Å²) < 4.78 is 5.22. The summed E-state index contributed by atoms with van der Waals surface area (Å²) in [6, 6.07) is 7.08. The molecule has 0 saturated heterocycles. The van der Waals surface area contributed by atoms with Gasteiger partial charge < -0.3 is 10.1 Å². The molecule has 0 bridgehead atoms. The quantitative estimate of drug-likeness (QED) is 0.770. The van der Waals surface area contributed by atoms with Crippen LogP contribution >= 0.6 is 0 Å². The van der Waals surface area contributed by atoms with Gasteiger partial charge in [0.2, 0.25) is 0 Å². The number of aryl methyl sites for hydroxylation is 1. The molecule has 1 aliphatic heterocycles. The predicted molar refractivity (Wildman–Crippen MR) is 57.5 cm³/mol. The molecule has 1 atom stereocenters. The van der Waals surface area contributed by atoms with E-state index in [0.717, 1.165) is 19.6 Å². The first-order valence-corrected chi connectivity index (χ1v) is 5.13. The number of nitrogens with one attached hydrogen (secondary N) is 1. The van der Waals surface area contributed by atoms with Gasteiger partial charge in [0.05, 0.1) is 12.6 Å². The van der Waals surface area contributed by atoms with Gasteiger partial charge in [0.15, 0.2) is 0 Å². The van der Waals surface area contributed by atoms with Crippen molar-refractivity contribution in [1.29, 1.82) is 0 Å². The van der Waals surface area contributed by atoms with Crippen molar-refractivity contribution in [3.63, 3.8) is 0 Å². The lowest BCUT2D eigenvalue weighted by molar-refractivity contribution is 0.164. The van der Waals surface area contributed by atoms with E-state index in [-0.39, 0.29) is 0 Å². The lowest BCUT2D eigenvalue weighted by atomic mass is 9.93. The molecule has 0 fully saturated rings. The third kappa shape index (κ3) is 1.81. The fourth-order valence-electron chi connectivity index (χ4n) is 2.07. The maximum Gasteiger partial charge on any atom is 0.0657 e. The van der Waals surface area contributed by atoms with Gasteiger partial charge in [-0.15, -0.1) is 0 Å². The van der Waals surface area contributed by atoms with E-state index in [4.69, 9.17) is 4.74 Å². The van der Waals surface area contributed by atoms with Gasteiger partial charge in [0.1, 0.15) is 0 Å². The van der Waals surface area contributed by atoms with Crippen LogP contribution in [0.1, 0.15) is 22.7 Å². The highest BCUT2D eigenvalue weighted by Crippen LogP contribution is 2.23. The summed E-state index contributed by atoms with van der Waals surface area (Å²) in [6.45, 7) is 3.96. The first kappa shape index (κ1) is 9.69. The van der Waals surface area contributed by atoms with E-state index in [0.29, 0.717) is 6.04 Å². The molecule has 0 aliphatic carbocycles. The second-order valence-corrected chi connectivity index (χ2v) is 3.91. The van der Waals surface area contributed by atoms with Crippen molar-refractivity contribution in [1.82, 2.24) is 5.32 Å². The van der Waals surface area contributed by atoms with Crippen LogP contribution in [0.25, 0.3) is 0 Å². The lowest BCUT2D eigenvalue weighted by Crippen LogP contribution is -2.32. The summed E-state index contributed by atoms with van der Waals surface area (Å²) in [7, 11) is 1.76. The second kappa shape index (κ2) is 4.11. The summed E-state index contributed by atoms with van der Waals surface area (Å²) in [5.74, 6) is 0. The topological polar surface area (TPSA) is 21.3 Å². The molecule has 76 valence electrons. The van der Waals surface area contributed by atoms with Crippen LogP contribution in [-0.4, -0.2) is 20.3 Å². The molecule has 0 radical (unpaired) electrons. The number of benzene rings is 1. The van der Waals surface area contributed by atoms with E-state index >= 15 is 0 Å². The van der Waals surface area contributed by atoms with E-state index < -0.39 is 0 Å². The van der Waals surface area contributed by atoms with Gasteiger partial charge in [-0.3, -0.25) is 0 Å². The average molecular weight is 191 g/mol. The van der Waals surface area contributed by atoms with Crippen LogP contribution in [-0.2, 0) is 11.2 Å². The number of rotatable bonds is 2. The third-order valence-corrected chi connectivity index (χ3v) is 2.80. The van der Waals surface area contributed by atoms with Crippen molar-refractivity contribution >= 4 is 0 Å². The van der Waals surface area contributed by atoms with Crippen LogP contribution < -0.4 is 5.32 Å². The third-order valence-electron chi connectivity index (χ3n) is 2.80. The van der Waals surface area contributed by atoms with Crippen molar-refractivity contribution in [2.45, 2.75) is 19.4 Å². The summed E-state index contributed by atoms with van der Waals surface area (Å²) >= 11 is 0. The number of methoxy groups -OCH3 is 1. The fourth-order valence-corrected chi connectivity index (χ4v) is 2.07. The predicted octanol–water partition coefficient (Wildman–Crippen LogP) is 1.83. The molecule has 2 rings (SSSR count). The van der Waals surface area contributed by atoms with Gasteiger partial charge in [-0.05, 0) is 31.0 Å². The first-order valence-electron chi connectivity index (χ1n) is 5.13. The van der Waals surface area contributed by atoms with Gasteiger partial charge in [-0.25, -0.2) is 0 Å². The van der Waals surface area contributed by atoms with Gasteiger partial charge in [0, 0.05) is 7.11 Å². The highest BCUT2D eigenvalue weighted by atomic mass is 16.5. The molecule has 0 aromatic heterocycles. The lowest BCUT2D eigenvalue weighted by Gasteiger charge is -2.26. The Kier molecular flexibility index (Phi) is 2.85. The molecule has 0 saturated carbocycles. The van der Waals surface area contributed by atoms with Gasteiger partial charge in [-0.2, -0.15) is 0 Å². The highest BCUT2D eigenvalue weighted by molar-refractivity contribution is 5.35. The molecule has 2 nitrogen and oxygen atoms in total. The molecule has 0 spiro atoms. The molecule has 2 heteroatoms. The van der Waals surface area contributed by atoms with Crippen molar-refractivity contribution in [3.8, 4) is 0 Å². The maximum absolute atomic E-state index is 5.22. The monoisotopic (exact) mass is 191 g/mol. The zero-order valence-electron chi connectivity index (χ0n) is 8.84. The minimum atomic E-state index is 0.378. The SMILES string of the molecule is COCC1NCCc2ccc(C)cc21. The van der Waals surface area contributed by atoms with Crippen LogP contribution in [0.15, 0.2) is 18.2 Å². The molecular formula is C12H17NO. The molecular weight excluding hydrogens is 174 g/mol. The summed E-state index contributed by atoms with van der Waals surface area (Å²) in [4.78, 5) is 0. The normalized spacial score (nSPS) is 20.6. The van der Waals surface area contributed by atoms with E-state index in [1.54, 1.807) is 7.11 Å². The van der Waals surface area contributed by atoms with Gasteiger partial charge in [-0.1, -0.05) is 23.8 Å². The highest BCUT2D eigenvalue weighted by Gasteiger charge is 2.18. The van der Waals surface area contributed by atoms with Crippen LogP contribution in [0.5, 0.6) is 0 Å². The fraction of sp³-hybridized carbons (Fsp3) is 0.500. The van der Waals surface area contributed by atoms with Crippen molar-refractivity contribution in [3.05, 3.63) is 34.9 Å². The first-order chi connectivity index (χ1) is 6.81. The van der Waals surface area contributed by atoms with Gasteiger partial charge >= 0.3 is 0 Å². The molecule has 0 amide bonds. The molecule has 1 aliphatic rings. The van der Waals surface area contributed by atoms with E-state index in [1.807, 2.05) is 0 Å². The number of hydrogen-bond donors (Lipinski definition) is 1. The zero-order chi connectivity index (χ0) is 9.97. The standard InChI is InChI=1S/C12H17NO/c1-9-3-4-10-5-6-13-12(8-14-2)11(10)7-9/h3-4,7,12-13H,5-6,8H2,1-2H3. The molecule has 1 N–H and O–H groups in total. The smallest absolute Gasteiger partial charge is 0.0657 e. The Bertz CT molecular complexity index is 322. The minimum absolute atomic E-state index is 0.378. The largest absolute Gasteiger partial charge is 0.383 e. The van der Waals surface area contributed by atoms with Gasteiger partial charge in [0.25, 0.3) is 0 Å². The molecule has 14 heavy (non-hydrogen) atoms. The van der Waals surface area contributed by atoms with Crippen molar-refractivity contribution in [2.75, 3.05) is 20.3 Å². The minimum Gasteiger partial charge on any atom is -0.383 e. The number of hydrogen-bond acceptors (Lipinski definition) is 2. The second-order valence-electron chi connectivity index (χ2n) is 3.91. The summed E-state index contributed by atoms with van der Waals surface area (Å²) in [5.41, 5.74) is 4.21. The van der Waals surface area contributed by atoms with Crippen molar-refractivity contribution in [2.24, 2.45) is 0 Å². The van der Waals surface area contributed by atoms with Crippen LogP contribution in [0.3, 0.4) is 0 Å². The Morgan fingerprint density at radius 1 is 1.50 bits per heavy atom. The Morgan fingerprint density at radius 2 is 2.36 bits per heavy atom. The molecule has 1 aromatic carbocycles. The molecule has 1 heterocycles. The molecule has 1 aromatic rings. The average Bonchev–Trinajstić information content (AvgIpc) is 2.19. The summed E-state index contributed by atoms with van der Waals surface area (Å²) in [5, 5.41) is 3.48. The Morgan fingerprint density at radius 3 is 3.14 bits per heavy atom.